The molecule has 0 aliphatic heterocycles. The molecule has 0 aliphatic rings. The highest BCUT2D eigenvalue weighted by molar-refractivity contribution is 5.89. The molecule has 0 N–H and O–H groups in total. The number of para-hydroxylation sites is 1. The maximum Gasteiger partial charge on any atom is 0.338 e. The summed E-state index contributed by atoms with van der Waals surface area (Å²) >= 11 is 0. The number of unbranched alkanes of at least 4 members (excludes halogenated alkanes) is 8. The van der Waals surface area contributed by atoms with Crippen molar-refractivity contribution in [2.24, 2.45) is 0 Å². The number of hydrogen-bond donors (Lipinski definition) is 0. The maximum atomic E-state index is 12.4. The van der Waals surface area contributed by atoms with Gasteiger partial charge in [0.15, 0.2) is 0 Å². The molecule has 2 rings (SSSR count). The molecule has 0 fully saturated rings. The lowest BCUT2D eigenvalue weighted by Crippen LogP contribution is -2.11. The molecule has 0 unspecified atom stereocenters. The Hall–Kier alpha value is -2.49. The molecule has 0 radical (unpaired) electrons. The van der Waals surface area contributed by atoms with Gasteiger partial charge in [0.1, 0.15) is 24.7 Å². The average Bonchev–Trinajstić information content (AvgIpc) is 2.83. The van der Waals surface area contributed by atoms with E-state index in [2.05, 4.69) is 13.8 Å². The van der Waals surface area contributed by atoms with Crippen molar-refractivity contribution in [1.29, 1.82) is 0 Å². The van der Waals surface area contributed by atoms with Crippen LogP contribution in [0.5, 0.6) is 11.5 Å². The minimum atomic E-state index is -0.252. The van der Waals surface area contributed by atoms with Gasteiger partial charge in [-0.05, 0) is 48.7 Å². The Morgan fingerprint density at radius 2 is 1.38 bits per heavy atom. The molecular formula is C28H40O4. The summed E-state index contributed by atoms with van der Waals surface area (Å²) in [5, 5.41) is 0. The SMILES string of the molecule is CCCCCCCCCCCOC(=O)c1ccc(OCCOc2ccccc2)c(CC)c1. The van der Waals surface area contributed by atoms with Crippen LogP contribution in [0.15, 0.2) is 48.5 Å². The zero-order valence-electron chi connectivity index (χ0n) is 19.9. The first kappa shape index (κ1) is 25.8. The summed E-state index contributed by atoms with van der Waals surface area (Å²) in [6.45, 7) is 5.71. The molecular weight excluding hydrogens is 400 g/mol. The molecule has 4 nitrogen and oxygen atoms in total. The van der Waals surface area contributed by atoms with Crippen molar-refractivity contribution in [3.05, 3.63) is 59.7 Å². The Bertz CT molecular complexity index is 757. The van der Waals surface area contributed by atoms with Crippen molar-refractivity contribution in [2.45, 2.75) is 78.1 Å². The summed E-state index contributed by atoms with van der Waals surface area (Å²) in [5.74, 6) is 1.37. The second-order valence-electron chi connectivity index (χ2n) is 8.15. The number of carbonyl (C=O) groups is 1. The predicted octanol–water partition coefficient (Wildman–Crippen LogP) is 7.39. The highest BCUT2D eigenvalue weighted by Gasteiger charge is 2.11. The Morgan fingerprint density at radius 1 is 0.719 bits per heavy atom. The summed E-state index contributed by atoms with van der Waals surface area (Å²) in [4.78, 5) is 12.4. The van der Waals surface area contributed by atoms with Crippen molar-refractivity contribution in [3.8, 4) is 11.5 Å². The normalized spacial score (nSPS) is 10.7. The minimum Gasteiger partial charge on any atom is -0.490 e. The van der Waals surface area contributed by atoms with E-state index in [1.54, 1.807) is 6.07 Å². The van der Waals surface area contributed by atoms with Crippen molar-refractivity contribution in [1.82, 2.24) is 0 Å². The third-order valence-electron chi connectivity index (χ3n) is 5.51. The monoisotopic (exact) mass is 440 g/mol. The number of hydrogen-bond acceptors (Lipinski definition) is 4. The van der Waals surface area contributed by atoms with Crippen LogP contribution >= 0.6 is 0 Å². The molecule has 0 saturated carbocycles. The molecule has 2 aromatic carbocycles. The lowest BCUT2D eigenvalue weighted by atomic mass is 10.1. The number of benzene rings is 2. The first-order valence-electron chi connectivity index (χ1n) is 12.3. The van der Waals surface area contributed by atoms with Crippen LogP contribution in [0.1, 0.15) is 87.6 Å². The van der Waals surface area contributed by atoms with Crippen molar-refractivity contribution >= 4 is 5.97 Å². The lowest BCUT2D eigenvalue weighted by Gasteiger charge is -2.13. The molecule has 0 saturated heterocycles. The molecule has 176 valence electrons. The molecule has 0 spiro atoms. The van der Waals surface area contributed by atoms with Crippen LogP contribution < -0.4 is 9.47 Å². The minimum absolute atomic E-state index is 0.252. The van der Waals surface area contributed by atoms with E-state index >= 15 is 0 Å². The number of aryl methyl sites for hydroxylation is 1. The van der Waals surface area contributed by atoms with Crippen molar-refractivity contribution in [2.75, 3.05) is 19.8 Å². The van der Waals surface area contributed by atoms with Gasteiger partial charge in [-0.1, -0.05) is 83.4 Å². The Morgan fingerprint density at radius 3 is 2.06 bits per heavy atom. The fourth-order valence-corrected chi connectivity index (χ4v) is 3.61. The summed E-state index contributed by atoms with van der Waals surface area (Å²) in [6.07, 6.45) is 12.0. The van der Waals surface area contributed by atoms with Crippen LogP contribution in [-0.4, -0.2) is 25.8 Å². The summed E-state index contributed by atoms with van der Waals surface area (Å²) in [5.41, 5.74) is 1.59. The highest BCUT2D eigenvalue weighted by Crippen LogP contribution is 2.22. The number of esters is 1. The molecule has 0 amide bonds. The van der Waals surface area contributed by atoms with Crippen LogP contribution in [0, 0.1) is 0 Å². The number of rotatable bonds is 17. The summed E-state index contributed by atoms with van der Waals surface area (Å²) in [6, 6.07) is 15.2. The van der Waals surface area contributed by atoms with Gasteiger partial charge in [0.05, 0.1) is 12.2 Å². The number of carbonyl (C=O) groups excluding carboxylic acids is 1. The van der Waals surface area contributed by atoms with E-state index in [4.69, 9.17) is 14.2 Å². The molecule has 32 heavy (non-hydrogen) atoms. The second kappa shape index (κ2) is 16.2. The lowest BCUT2D eigenvalue weighted by molar-refractivity contribution is 0.0497. The van der Waals surface area contributed by atoms with E-state index in [0.717, 1.165) is 36.3 Å². The van der Waals surface area contributed by atoms with Crippen LogP contribution in [0.4, 0.5) is 0 Å². The first-order chi connectivity index (χ1) is 15.7. The predicted molar refractivity (Wildman–Crippen MR) is 131 cm³/mol. The topological polar surface area (TPSA) is 44.8 Å². The molecule has 0 atom stereocenters. The highest BCUT2D eigenvalue weighted by atomic mass is 16.5. The van der Waals surface area contributed by atoms with Gasteiger partial charge in [-0.25, -0.2) is 4.79 Å². The third-order valence-corrected chi connectivity index (χ3v) is 5.51. The van der Waals surface area contributed by atoms with Gasteiger partial charge < -0.3 is 14.2 Å². The fourth-order valence-electron chi connectivity index (χ4n) is 3.61. The Kier molecular flexibility index (Phi) is 13.0. The van der Waals surface area contributed by atoms with E-state index in [9.17, 15) is 4.79 Å². The Labute approximate surface area is 194 Å². The molecule has 0 aromatic heterocycles. The molecule has 0 heterocycles. The van der Waals surface area contributed by atoms with E-state index in [1.807, 2.05) is 42.5 Å². The summed E-state index contributed by atoms with van der Waals surface area (Å²) < 4.78 is 17.0. The number of ether oxygens (including phenoxy) is 3. The molecule has 4 heteroatoms. The van der Waals surface area contributed by atoms with Crippen molar-refractivity contribution in [3.63, 3.8) is 0 Å². The smallest absolute Gasteiger partial charge is 0.338 e. The largest absolute Gasteiger partial charge is 0.490 e. The third kappa shape index (κ3) is 10.2. The van der Waals surface area contributed by atoms with Gasteiger partial charge in [0.25, 0.3) is 0 Å². The van der Waals surface area contributed by atoms with Gasteiger partial charge in [0.2, 0.25) is 0 Å². The van der Waals surface area contributed by atoms with E-state index in [1.165, 1.54) is 44.9 Å². The van der Waals surface area contributed by atoms with E-state index < -0.39 is 0 Å². The van der Waals surface area contributed by atoms with Gasteiger partial charge in [-0.3, -0.25) is 0 Å². The zero-order chi connectivity index (χ0) is 22.9. The first-order valence-corrected chi connectivity index (χ1v) is 12.3. The van der Waals surface area contributed by atoms with Gasteiger partial charge in [-0.2, -0.15) is 0 Å². The quantitative estimate of drug-likeness (QED) is 0.190. The van der Waals surface area contributed by atoms with Gasteiger partial charge in [0, 0.05) is 0 Å². The van der Waals surface area contributed by atoms with Crippen molar-refractivity contribution < 1.29 is 19.0 Å². The molecule has 0 aliphatic carbocycles. The second-order valence-corrected chi connectivity index (χ2v) is 8.15. The van der Waals surface area contributed by atoms with E-state index in [-0.39, 0.29) is 5.97 Å². The summed E-state index contributed by atoms with van der Waals surface area (Å²) in [7, 11) is 0. The molecule has 2 aromatic rings. The van der Waals surface area contributed by atoms with Crippen LogP contribution in [0.2, 0.25) is 0 Å². The zero-order valence-corrected chi connectivity index (χ0v) is 19.9. The fraction of sp³-hybridized carbons (Fsp3) is 0.536. The average molecular weight is 441 g/mol. The van der Waals surface area contributed by atoms with Gasteiger partial charge >= 0.3 is 5.97 Å². The maximum absolute atomic E-state index is 12.4. The standard InChI is InChI=1S/C28H40O4/c1-3-5-6-7-8-9-10-11-15-20-32-28(29)25-18-19-27(24(4-2)23-25)31-22-21-30-26-16-13-12-14-17-26/h12-14,16-19,23H,3-11,15,20-22H2,1-2H3. The molecule has 0 bridgehead atoms. The van der Waals surface area contributed by atoms with E-state index in [0.29, 0.717) is 25.4 Å². The van der Waals surface area contributed by atoms with Crippen LogP contribution in [-0.2, 0) is 11.2 Å². The van der Waals surface area contributed by atoms with Gasteiger partial charge in [-0.15, -0.1) is 0 Å². The van der Waals surface area contributed by atoms with Crippen LogP contribution in [0.3, 0.4) is 0 Å². The van der Waals surface area contributed by atoms with Crippen LogP contribution in [0.25, 0.3) is 0 Å². The Balaban J connectivity index is 1.64.